The predicted molar refractivity (Wildman–Crippen MR) is 59.0 cm³/mol. The molecule has 1 heterocycles. The van der Waals surface area contributed by atoms with Crippen LogP contribution in [0.2, 0.25) is 0 Å². The third kappa shape index (κ3) is 3.18. The Labute approximate surface area is 90.3 Å². The van der Waals surface area contributed by atoms with Crippen molar-refractivity contribution in [1.29, 1.82) is 0 Å². The number of pyridine rings is 1. The number of rotatable bonds is 5. The van der Waals surface area contributed by atoms with Crippen LogP contribution < -0.4 is 4.74 Å². The molecule has 3 heteroatoms. The lowest BCUT2D eigenvalue weighted by molar-refractivity contribution is 0.325. The van der Waals surface area contributed by atoms with Crippen molar-refractivity contribution in [2.75, 3.05) is 6.61 Å². The Balaban J connectivity index is 2.88. The minimum absolute atomic E-state index is 0.513. The van der Waals surface area contributed by atoms with Gasteiger partial charge in [-0.2, -0.15) is 0 Å². The van der Waals surface area contributed by atoms with Crippen LogP contribution in [-0.2, 0) is 12.3 Å². The number of aryl methyl sites for hydroxylation is 1. The van der Waals surface area contributed by atoms with Gasteiger partial charge in [-0.3, -0.25) is 0 Å². The molecule has 1 rings (SSSR count). The molecule has 0 saturated carbocycles. The van der Waals surface area contributed by atoms with Crippen molar-refractivity contribution in [2.45, 2.75) is 32.6 Å². The largest absolute Gasteiger partial charge is 0.478 e. The van der Waals surface area contributed by atoms with Gasteiger partial charge in [0.2, 0.25) is 5.88 Å². The van der Waals surface area contributed by atoms with Crippen molar-refractivity contribution in [2.24, 2.45) is 0 Å². The molecule has 0 atom stereocenters. The molecule has 0 aliphatic heterocycles. The van der Waals surface area contributed by atoms with Crippen molar-refractivity contribution in [1.82, 2.24) is 4.98 Å². The summed E-state index contributed by atoms with van der Waals surface area (Å²) in [6, 6.07) is 3.94. The fourth-order valence-corrected chi connectivity index (χ4v) is 1.46. The average Bonchev–Trinajstić information content (AvgIpc) is 2.18. The Kier molecular flexibility index (Phi) is 4.74. The highest BCUT2D eigenvalue weighted by molar-refractivity contribution is 6.17. The van der Waals surface area contributed by atoms with Gasteiger partial charge in [-0.05, 0) is 25.0 Å². The molecule has 14 heavy (non-hydrogen) atoms. The van der Waals surface area contributed by atoms with Gasteiger partial charge in [0, 0.05) is 17.6 Å². The van der Waals surface area contributed by atoms with E-state index < -0.39 is 0 Å². The SMILES string of the molecule is CCCc1cc(CCl)cc(OCC)n1. The van der Waals surface area contributed by atoms with E-state index in [1.807, 2.05) is 19.1 Å². The zero-order chi connectivity index (χ0) is 10.4. The van der Waals surface area contributed by atoms with E-state index in [9.17, 15) is 0 Å². The second-order valence-electron chi connectivity index (χ2n) is 3.12. The number of alkyl halides is 1. The van der Waals surface area contributed by atoms with Crippen LogP contribution in [0.25, 0.3) is 0 Å². The molecular weight excluding hydrogens is 198 g/mol. The quantitative estimate of drug-likeness (QED) is 0.701. The van der Waals surface area contributed by atoms with Crippen LogP contribution in [0.3, 0.4) is 0 Å². The van der Waals surface area contributed by atoms with Gasteiger partial charge in [0.15, 0.2) is 0 Å². The Morgan fingerprint density at radius 1 is 1.36 bits per heavy atom. The number of nitrogens with zero attached hydrogens (tertiary/aromatic N) is 1. The molecule has 0 aromatic carbocycles. The van der Waals surface area contributed by atoms with Crippen molar-refractivity contribution >= 4 is 11.6 Å². The van der Waals surface area contributed by atoms with Crippen molar-refractivity contribution in [3.05, 3.63) is 23.4 Å². The second-order valence-corrected chi connectivity index (χ2v) is 3.39. The summed E-state index contributed by atoms with van der Waals surface area (Å²) in [7, 11) is 0. The number of hydrogen-bond acceptors (Lipinski definition) is 2. The Morgan fingerprint density at radius 3 is 2.71 bits per heavy atom. The van der Waals surface area contributed by atoms with Crippen LogP contribution >= 0.6 is 11.6 Å². The van der Waals surface area contributed by atoms with E-state index in [1.54, 1.807) is 0 Å². The molecule has 2 nitrogen and oxygen atoms in total. The molecule has 0 spiro atoms. The third-order valence-electron chi connectivity index (χ3n) is 1.87. The molecule has 0 saturated heterocycles. The zero-order valence-corrected chi connectivity index (χ0v) is 9.47. The number of halogens is 1. The fraction of sp³-hybridized carbons (Fsp3) is 0.545. The molecule has 78 valence electrons. The van der Waals surface area contributed by atoms with E-state index >= 15 is 0 Å². The van der Waals surface area contributed by atoms with Crippen molar-refractivity contribution in [3.8, 4) is 5.88 Å². The van der Waals surface area contributed by atoms with Crippen LogP contribution in [0, 0.1) is 0 Å². The van der Waals surface area contributed by atoms with Crippen LogP contribution in [0.5, 0.6) is 5.88 Å². The number of hydrogen-bond donors (Lipinski definition) is 0. The molecule has 0 radical (unpaired) electrons. The van der Waals surface area contributed by atoms with Crippen LogP contribution in [0.1, 0.15) is 31.5 Å². The summed E-state index contributed by atoms with van der Waals surface area (Å²) in [5.74, 6) is 1.20. The second kappa shape index (κ2) is 5.86. The molecular formula is C11H16ClNO. The summed E-state index contributed by atoms with van der Waals surface area (Å²) >= 11 is 5.79. The van der Waals surface area contributed by atoms with Gasteiger partial charge in [0.25, 0.3) is 0 Å². The van der Waals surface area contributed by atoms with Gasteiger partial charge in [-0.1, -0.05) is 13.3 Å². The Bertz CT molecular complexity index is 264. The summed E-state index contributed by atoms with van der Waals surface area (Å²) in [5, 5.41) is 0. The molecule has 0 aliphatic carbocycles. The lowest BCUT2D eigenvalue weighted by atomic mass is 10.2. The number of ether oxygens (including phenoxy) is 1. The Morgan fingerprint density at radius 2 is 2.14 bits per heavy atom. The molecule has 1 aromatic rings. The lowest BCUT2D eigenvalue weighted by Gasteiger charge is -2.06. The third-order valence-corrected chi connectivity index (χ3v) is 2.18. The maximum Gasteiger partial charge on any atom is 0.213 e. The maximum absolute atomic E-state index is 5.79. The summed E-state index contributed by atoms with van der Waals surface area (Å²) in [6.07, 6.45) is 2.06. The molecule has 1 aromatic heterocycles. The van der Waals surface area contributed by atoms with Crippen molar-refractivity contribution in [3.63, 3.8) is 0 Å². The molecule has 0 fully saturated rings. The molecule has 0 amide bonds. The van der Waals surface area contributed by atoms with E-state index in [1.165, 1.54) is 0 Å². The van der Waals surface area contributed by atoms with Crippen LogP contribution in [0.4, 0.5) is 0 Å². The monoisotopic (exact) mass is 213 g/mol. The highest BCUT2D eigenvalue weighted by atomic mass is 35.5. The maximum atomic E-state index is 5.79. The van der Waals surface area contributed by atoms with Crippen LogP contribution in [0.15, 0.2) is 12.1 Å². The minimum atomic E-state index is 0.513. The normalized spacial score (nSPS) is 10.2. The average molecular weight is 214 g/mol. The first kappa shape index (κ1) is 11.3. The predicted octanol–water partition coefficient (Wildman–Crippen LogP) is 3.17. The van der Waals surface area contributed by atoms with Gasteiger partial charge < -0.3 is 4.74 Å². The summed E-state index contributed by atoms with van der Waals surface area (Å²) in [6.45, 7) is 4.73. The summed E-state index contributed by atoms with van der Waals surface area (Å²) < 4.78 is 5.37. The van der Waals surface area contributed by atoms with Gasteiger partial charge in [0.05, 0.1) is 6.61 Å². The van der Waals surface area contributed by atoms with Crippen molar-refractivity contribution < 1.29 is 4.74 Å². The first-order valence-corrected chi connectivity index (χ1v) is 5.52. The Hall–Kier alpha value is -0.760. The van der Waals surface area contributed by atoms with Gasteiger partial charge in [0.1, 0.15) is 0 Å². The highest BCUT2D eigenvalue weighted by Crippen LogP contribution is 2.15. The summed E-state index contributed by atoms with van der Waals surface area (Å²) in [5.41, 5.74) is 2.14. The number of aromatic nitrogens is 1. The topological polar surface area (TPSA) is 22.1 Å². The van der Waals surface area contributed by atoms with Gasteiger partial charge in [-0.25, -0.2) is 4.98 Å². The highest BCUT2D eigenvalue weighted by Gasteiger charge is 2.02. The first-order valence-electron chi connectivity index (χ1n) is 4.98. The van der Waals surface area contributed by atoms with Crippen LogP contribution in [-0.4, -0.2) is 11.6 Å². The molecule has 0 unspecified atom stereocenters. The molecule has 0 aliphatic rings. The van der Waals surface area contributed by atoms with E-state index in [2.05, 4.69) is 11.9 Å². The van der Waals surface area contributed by atoms with E-state index in [-0.39, 0.29) is 0 Å². The smallest absolute Gasteiger partial charge is 0.213 e. The zero-order valence-electron chi connectivity index (χ0n) is 8.72. The van der Waals surface area contributed by atoms with E-state index in [0.29, 0.717) is 18.4 Å². The van der Waals surface area contributed by atoms with E-state index in [4.69, 9.17) is 16.3 Å². The van der Waals surface area contributed by atoms with Gasteiger partial charge >= 0.3 is 0 Å². The lowest BCUT2D eigenvalue weighted by Crippen LogP contribution is -1.99. The first-order chi connectivity index (χ1) is 6.80. The molecule has 0 N–H and O–H groups in total. The van der Waals surface area contributed by atoms with Gasteiger partial charge in [-0.15, -0.1) is 11.6 Å². The van der Waals surface area contributed by atoms with E-state index in [0.717, 1.165) is 24.1 Å². The standard InChI is InChI=1S/C11H16ClNO/c1-3-5-10-6-9(8-12)7-11(13-10)14-4-2/h6-7H,3-5,8H2,1-2H3. The fourth-order valence-electron chi connectivity index (χ4n) is 1.30. The minimum Gasteiger partial charge on any atom is -0.478 e. The summed E-state index contributed by atoms with van der Waals surface area (Å²) in [4.78, 5) is 4.38. The molecule has 0 bridgehead atoms.